The molecule has 0 aromatic heterocycles. The summed E-state index contributed by atoms with van der Waals surface area (Å²) in [6.45, 7) is -0.575. The molecule has 94 valence electrons. The fraction of sp³-hybridized carbons (Fsp3) is 0.300. The molecule has 0 atom stereocenters. The van der Waals surface area contributed by atoms with Crippen LogP contribution in [0.2, 0.25) is 0 Å². The van der Waals surface area contributed by atoms with Crippen molar-refractivity contribution in [3.63, 3.8) is 0 Å². The zero-order chi connectivity index (χ0) is 13.1. The molecule has 0 fully saturated rings. The van der Waals surface area contributed by atoms with Crippen LogP contribution in [0.15, 0.2) is 29.2 Å². The van der Waals surface area contributed by atoms with Crippen molar-refractivity contribution in [1.29, 1.82) is 0 Å². The smallest absolute Gasteiger partial charge is 0.318 e. The van der Waals surface area contributed by atoms with Crippen LogP contribution in [-0.2, 0) is 14.8 Å². The minimum absolute atomic E-state index is 0.0297. The van der Waals surface area contributed by atoms with Crippen molar-refractivity contribution in [3.05, 3.63) is 24.3 Å². The summed E-state index contributed by atoms with van der Waals surface area (Å²) in [5.41, 5.74) is 0. The van der Waals surface area contributed by atoms with Gasteiger partial charge >= 0.3 is 5.97 Å². The van der Waals surface area contributed by atoms with Gasteiger partial charge in [-0.25, -0.2) is 8.42 Å². The van der Waals surface area contributed by atoms with Gasteiger partial charge in [-0.1, -0.05) is 0 Å². The van der Waals surface area contributed by atoms with Crippen molar-refractivity contribution in [2.45, 2.75) is 4.90 Å². The van der Waals surface area contributed by atoms with Gasteiger partial charge in [0.2, 0.25) is 10.0 Å². The molecule has 0 bridgehead atoms. The van der Waals surface area contributed by atoms with Gasteiger partial charge in [0, 0.05) is 7.05 Å². The molecule has 0 heterocycles. The number of sulfonamides is 1. The molecule has 0 aliphatic rings. The van der Waals surface area contributed by atoms with Gasteiger partial charge in [0.1, 0.15) is 12.3 Å². The second-order valence-electron chi connectivity index (χ2n) is 3.33. The highest BCUT2D eigenvalue weighted by Crippen LogP contribution is 2.18. The van der Waals surface area contributed by atoms with E-state index in [1.54, 1.807) is 0 Å². The number of benzene rings is 1. The lowest BCUT2D eigenvalue weighted by Crippen LogP contribution is -2.31. The van der Waals surface area contributed by atoms with Gasteiger partial charge in [0.05, 0.1) is 12.0 Å². The molecule has 1 N–H and O–H groups in total. The van der Waals surface area contributed by atoms with Gasteiger partial charge in [-0.3, -0.25) is 4.79 Å². The van der Waals surface area contributed by atoms with E-state index in [-0.39, 0.29) is 4.90 Å². The molecule has 17 heavy (non-hydrogen) atoms. The van der Waals surface area contributed by atoms with Crippen molar-refractivity contribution >= 4 is 16.0 Å². The zero-order valence-corrected chi connectivity index (χ0v) is 10.3. The summed E-state index contributed by atoms with van der Waals surface area (Å²) in [5, 5.41) is 8.55. The molecule has 0 radical (unpaired) electrons. The minimum atomic E-state index is -3.76. The fourth-order valence-corrected chi connectivity index (χ4v) is 2.32. The van der Waals surface area contributed by atoms with Gasteiger partial charge in [-0.15, -0.1) is 0 Å². The van der Waals surface area contributed by atoms with E-state index in [1.807, 2.05) is 0 Å². The first-order valence-corrected chi connectivity index (χ1v) is 6.14. The first-order chi connectivity index (χ1) is 7.87. The molecule has 7 heteroatoms. The lowest BCUT2D eigenvalue weighted by molar-refractivity contribution is -0.137. The van der Waals surface area contributed by atoms with Crippen molar-refractivity contribution in [2.75, 3.05) is 20.7 Å². The molecular weight excluding hydrogens is 246 g/mol. The number of carbonyl (C=O) groups is 1. The van der Waals surface area contributed by atoms with E-state index >= 15 is 0 Å². The maximum absolute atomic E-state index is 11.9. The Balaban J connectivity index is 3.00. The van der Waals surface area contributed by atoms with Crippen LogP contribution in [0.5, 0.6) is 5.75 Å². The number of ether oxygens (including phenoxy) is 1. The summed E-state index contributed by atoms with van der Waals surface area (Å²) in [4.78, 5) is 10.5. The van der Waals surface area contributed by atoms with Crippen LogP contribution in [0.25, 0.3) is 0 Å². The number of nitrogens with zero attached hydrogens (tertiary/aromatic N) is 1. The van der Waals surface area contributed by atoms with Crippen LogP contribution in [0.4, 0.5) is 0 Å². The predicted molar refractivity (Wildman–Crippen MR) is 60.4 cm³/mol. The Labute approximate surface area is 99.5 Å². The first-order valence-electron chi connectivity index (χ1n) is 4.70. The van der Waals surface area contributed by atoms with E-state index in [1.165, 1.54) is 38.4 Å². The quantitative estimate of drug-likeness (QED) is 0.827. The van der Waals surface area contributed by atoms with Crippen LogP contribution >= 0.6 is 0 Å². The van der Waals surface area contributed by atoms with E-state index in [2.05, 4.69) is 0 Å². The average molecular weight is 259 g/mol. The highest BCUT2D eigenvalue weighted by atomic mass is 32.2. The standard InChI is InChI=1S/C10H13NO5S/c1-11(7-10(12)13)17(14,15)9-5-3-8(16-2)4-6-9/h3-6H,7H2,1-2H3,(H,12,13). The number of carboxylic acid groups (broad SMARTS) is 1. The number of rotatable bonds is 5. The van der Waals surface area contributed by atoms with E-state index in [0.717, 1.165) is 4.31 Å². The van der Waals surface area contributed by atoms with Crippen molar-refractivity contribution < 1.29 is 23.1 Å². The molecule has 0 saturated heterocycles. The lowest BCUT2D eigenvalue weighted by Gasteiger charge is -2.14. The van der Waals surface area contributed by atoms with Crippen LogP contribution in [0.1, 0.15) is 0 Å². The Hall–Kier alpha value is -1.60. The topological polar surface area (TPSA) is 83.9 Å². The van der Waals surface area contributed by atoms with Crippen molar-refractivity contribution in [2.24, 2.45) is 0 Å². The van der Waals surface area contributed by atoms with Crippen LogP contribution in [0, 0.1) is 0 Å². The molecule has 1 rings (SSSR count). The van der Waals surface area contributed by atoms with Crippen molar-refractivity contribution in [1.82, 2.24) is 4.31 Å². The molecule has 0 amide bonds. The molecule has 0 aliphatic heterocycles. The molecule has 1 aromatic rings. The Morgan fingerprint density at radius 2 is 1.88 bits per heavy atom. The minimum Gasteiger partial charge on any atom is -0.497 e. The largest absolute Gasteiger partial charge is 0.497 e. The van der Waals surface area contributed by atoms with Gasteiger partial charge < -0.3 is 9.84 Å². The van der Waals surface area contributed by atoms with Crippen LogP contribution < -0.4 is 4.74 Å². The molecule has 0 aliphatic carbocycles. The summed E-state index contributed by atoms with van der Waals surface area (Å²) >= 11 is 0. The SMILES string of the molecule is COc1ccc(S(=O)(=O)N(C)CC(=O)O)cc1. The van der Waals surface area contributed by atoms with Crippen molar-refractivity contribution in [3.8, 4) is 5.75 Å². The normalized spacial score (nSPS) is 11.5. The third kappa shape index (κ3) is 3.18. The second-order valence-corrected chi connectivity index (χ2v) is 5.38. The summed E-state index contributed by atoms with van der Waals surface area (Å²) in [5.74, 6) is -0.672. The van der Waals surface area contributed by atoms with E-state index in [9.17, 15) is 13.2 Å². The molecule has 6 nitrogen and oxygen atoms in total. The number of carboxylic acids is 1. The molecule has 0 spiro atoms. The van der Waals surface area contributed by atoms with E-state index < -0.39 is 22.5 Å². The molecular formula is C10H13NO5S. The highest BCUT2D eigenvalue weighted by Gasteiger charge is 2.22. The third-order valence-corrected chi connectivity index (χ3v) is 3.94. The Kier molecular flexibility index (Phi) is 4.08. The van der Waals surface area contributed by atoms with Gasteiger partial charge in [-0.05, 0) is 24.3 Å². The predicted octanol–water partition coefficient (Wildman–Crippen LogP) is 0.400. The maximum atomic E-state index is 11.9. The Bertz CT molecular complexity index is 494. The lowest BCUT2D eigenvalue weighted by atomic mass is 10.3. The first kappa shape index (κ1) is 13.5. The second kappa shape index (κ2) is 5.15. The van der Waals surface area contributed by atoms with Crippen LogP contribution in [0.3, 0.4) is 0 Å². The molecule has 1 aromatic carbocycles. The summed E-state index contributed by atoms with van der Waals surface area (Å²) in [7, 11) is -1.07. The number of likely N-dealkylation sites (N-methyl/N-ethyl adjacent to an activating group) is 1. The van der Waals surface area contributed by atoms with Crippen LogP contribution in [-0.4, -0.2) is 44.5 Å². The van der Waals surface area contributed by atoms with E-state index in [0.29, 0.717) is 5.75 Å². The number of methoxy groups -OCH3 is 1. The zero-order valence-electron chi connectivity index (χ0n) is 9.45. The summed E-state index contributed by atoms with van der Waals surface area (Å²) < 4.78 is 29.5. The van der Waals surface area contributed by atoms with Gasteiger partial charge in [0.15, 0.2) is 0 Å². The van der Waals surface area contributed by atoms with Gasteiger partial charge in [-0.2, -0.15) is 4.31 Å². The average Bonchev–Trinajstić information content (AvgIpc) is 2.28. The summed E-state index contributed by atoms with van der Waals surface area (Å²) in [6.07, 6.45) is 0. The molecule has 0 saturated carbocycles. The monoisotopic (exact) mass is 259 g/mol. The highest BCUT2D eigenvalue weighted by molar-refractivity contribution is 7.89. The Morgan fingerprint density at radius 1 is 1.35 bits per heavy atom. The molecule has 0 unspecified atom stereocenters. The van der Waals surface area contributed by atoms with Gasteiger partial charge in [0.25, 0.3) is 0 Å². The number of hydrogen-bond donors (Lipinski definition) is 1. The fourth-order valence-electron chi connectivity index (χ4n) is 1.20. The summed E-state index contributed by atoms with van der Waals surface area (Å²) in [6, 6.07) is 5.74. The number of hydrogen-bond acceptors (Lipinski definition) is 4. The maximum Gasteiger partial charge on any atom is 0.318 e. The third-order valence-electron chi connectivity index (χ3n) is 2.13. The number of aliphatic carboxylic acids is 1. The Morgan fingerprint density at radius 3 is 2.29 bits per heavy atom. The van der Waals surface area contributed by atoms with E-state index in [4.69, 9.17) is 9.84 Å².